The van der Waals surface area contributed by atoms with Crippen LogP contribution in [0.15, 0.2) is 58.6 Å². The molecular weight excluding hydrogens is 242 g/mol. The average Bonchev–Trinajstić information content (AvgIpc) is 2.59. The van der Waals surface area contributed by atoms with Gasteiger partial charge in [-0.25, -0.2) is 0 Å². The lowest BCUT2D eigenvalue weighted by Gasteiger charge is -2.22. The van der Waals surface area contributed by atoms with Gasteiger partial charge in [0, 0.05) is 12.1 Å². The molecule has 2 aliphatic rings. The minimum Gasteiger partial charge on any atom is -0.284 e. The number of benzene rings is 1. The number of nitrogens with zero attached hydrogens (tertiary/aromatic N) is 1. The maximum Gasteiger partial charge on any atom is 0.0718 e. The van der Waals surface area contributed by atoms with Crippen molar-refractivity contribution < 1.29 is 0 Å². The van der Waals surface area contributed by atoms with E-state index in [1.54, 1.807) is 0 Å². The number of hydrogen-bond donors (Lipinski definition) is 0. The van der Waals surface area contributed by atoms with Crippen LogP contribution < -0.4 is 0 Å². The molecule has 0 unspecified atom stereocenters. The van der Waals surface area contributed by atoms with Gasteiger partial charge in [0.1, 0.15) is 0 Å². The summed E-state index contributed by atoms with van der Waals surface area (Å²) < 4.78 is 0. The van der Waals surface area contributed by atoms with Crippen LogP contribution in [0.4, 0.5) is 0 Å². The highest BCUT2D eigenvalue weighted by molar-refractivity contribution is 6.15. The van der Waals surface area contributed by atoms with Crippen LogP contribution in [0, 0.1) is 0 Å². The van der Waals surface area contributed by atoms with Crippen LogP contribution in [-0.2, 0) is 0 Å². The summed E-state index contributed by atoms with van der Waals surface area (Å²) in [6.07, 6.45) is 8.20. The third-order valence-electron chi connectivity index (χ3n) is 3.21. The predicted octanol–water partition coefficient (Wildman–Crippen LogP) is 5.58. The Morgan fingerprint density at radius 2 is 1.50 bits per heavy atom. The van der Waals surface area contributed by atoms with Crippen molar-refractivity contribution in [3.05, 3.63) is 59.2 Å². The molecule has 0 spiro atoms. The zero-order chi connectivity index (χ0) is 14.8. The first-order valence-corrected chi connectivity index (χ1v) is 7.95. The Bertz CT molecular complexity index is 478. The Labute approximate surface area is 124 Å². The van der Waals surface area contributed by atoms with E-state index in [2.05, 4.69) is 42.5 Å². The molecule has 0 saturated heterocycles. The monoisotopic (exact) mass is 269 g/mol. The second kappa shape index (κ2) is 9.30. The first-order chi connectivity index (χ1) is 9.95. The zero-order valence-electron chi connectivity index (χ0n) is 13.3. The van der Waals surface area contributed by atoms with Crippen molar-refractivity contribution in [1.29, 1.82) is 0 Å². The molecule has 0 bridgehead atoms. The predicted molar refractivity (Wildman–Crippen MR) is 90.6 cm³/mol. The maximum atomic E-state index is 4.69. The van der Waals surface area contributed by atoms with Gasteiger partial charge in [-0.15, -0.1) is 0 Å². The van der Waals surface area contributed by atoms with E-state index in [0.717, 1.165) is 19.4 Å². The van der Waals surface area contributed by atoms with E-state index in [1.807, 2.05) is 27.7 Å². The van der Waals surface area contributed by atoms with Gasteiger partial charge in [-0.3, -0.25) is 4.99 Å². The SMILES string of the molecule is C1=C2CCN=C(c3ccccc3)C2=CCC1.CC.CC. The minimum atomic E-state index is 0.938. The van der Waals surface area contributed by atoms with Crippen LogP contribution >= 0.6 is 0 Å². The van der Waals surface area contributed by atoms with E-state index in [1.165, 1.54) is 28.8 Å². The molecule has 0 saturated carbocycles. The van der Waals surface area contributed by atoms with Crippen molar-refractivity contribution in [2.45, 2.75) is 47.0 Å². The summed E-state index contributed by atoms with van der Waals surface area (Å²) in [7, 11) is 0. The maximum absolute atomic E-state index is 4.69. The molecule has 1 heteroatoms. The van der Waals surface area contributed by atoms with Crippen molar-refractivity contribution >= 4 is 5.71 Å². The van der Waals surface area contributed by atoms with Crippen LogP contribution in [0.25, 0.3) is 0 Å². The molecule has 1 heterocycles. The van der Waals surface area contributed by atoms with Crippen LogP contribution in [0.5, 0.6) is 0 Å². The smallest absolute Gasteiger partial charge is 0.0718 e. The van der Waals surface area contributed by atoms with Gasteiger partial charge >= 0.3 is 0 Å². The molecule has 0 radical (unpaired) electrons. The molecule has 1 aliphatic heterocycles. The van der Waals surface area contributed by atoms with Gasteiger partial charge in [0.25, 0.3) is 0 Å². The van der Waals surface area contributed by atoms with Gasteiger partial charge in [-0.2, -0.15) is 0 Å². The van der Waals surface area contributed by atoms with Crippen molar-refractivity contribution in [2.24, 2.45) is 4.99 Å². The summed E-state index contributed by atoms with van der Waals surface area (Å²) in [5.41, 5.74) is 5.32. The van der Waals surface area contributed by atoms with Gasteiger partial charge in [0.15, 0.2) is 0 Å². The van der Waals surface area contributed by atoms with Crippen molar-refractivity contribution in [3.63, 3.8) is 0 Å². The van der Waals surface area contributed by atoms with Crippen molar-refractivity contribution in [2.75, 3.05) is 6.54 Å². The van der Waals surface area contributed by atoms with E-state index in [0.29, 0.717) is 0 Å². The second-order valence-corrected chi connectivity index (χ2v) is 4.27. The van der Waals surface area contributed by atoms with Crippen molar-refractivity contribution in [1.82, 2.24) is 0 Å². The van der Waals surface area contributed by atoms with E-state index < -0.39 is 0 Å². The van der Waals surface area contributed by atoms with Gasteiger partial charge in [-0.05, 0) is 30.4 Å². The van der Waals surface area contributed by atoms with Crippen LogP contribution in [0.3, 0.4) is 0 Å². The number of aliphatic imine (C=N–C) groups is 1. The van der Waals surface area contributed by atoms with E-state index in [4.69, 9.17) is 4.99 Å². The topological polar surface area (TPSA) is 12.4 Å². The Balaban J connectivity index is 0.000000461. The first kappa shape index (κ1) is 16.4. The molecule has 108 valence electrons. The Hall–Kier alpha value is -1.63. The number of fused-ring (bicyclic) bond motifs is 1. The lowest BCUT2D eigenvalue weighted by atomic mass is 9.87. The van der Waals surface area contributed by atoms with Gasteiger partial charge < -0.3 is 0 Å². The molecule has 3 rings (SSSR count). The Kier molecular flexibility index (Phi) is 7.64. The average molecular weight is 269 g/mol. The zero-order valence-corrected chi connectivity index (χ0v) is 13.3. The summed E-state index contributed by atoms with van der Waals surface area (Å²) in [4.78, 5) is 4.69. The Morgan fingerprint density at radius 3 is 2.20 bits per heavy atom. The van der Waals surface area contributed by atoms with E-state index >= 15 is 0 Å². The molecule has 0 N–H and O–H groups in total. The molecule has 1 aliphatic carbocycles. The fraction of sp³-hybridized carbons (Fsp3) is 0.421. The normalized spacial score (nSPS) is 16.1. The van der Waals surface area contributed by atoms with Crippen molar-refractivity contribution in [3.8, 4) is 0 Å². The minimum absolute atomic E-state index is 0.938. The fourth-order valence-corrected chi connectivity index (χ4v) is 2.43. The molecule has 1 nitrogen and oxygen atoms in total. The number of hydrogen-bond acceptors (Lipinski definition) is 1. The molecule has 1 aromatic carbocycles. The largest absolute Gasteiger partial charge is 0.284 e. The van der Waals surface area contributed by atoms with Crippen LogP contribution in [0.1, 0.15) is 52.5 Å². The summed E-state index contributed by atoms with van der Waals surface area (Å²) >= 11 is 0. The third-order valence-corrected chi connectivity index (χ3v) is 3.21. The van der Waals surface area contributed by atoms with E-state index in [-0.39, 0.29) is 0 Å². The van der Waals surface area contributed by atoms with Crippen LogP contribution in [-0.4, -0.2) is 12.3 Å². The van der Waals surface area contributed by atoms with E-state index in [9.17, 15) is 0 Å². The molecule has 0 fully saturated rings. The van der Waals surface area contributed by atoms with Gasteiger partial charge in [-0.1, -0.05) is 70.2 Å². The molecule has 0 amide bonds. The van der Waals surface area contributed by atoms with Gasteiger partial charge in [0.2, 0.25) is 0 Å². The molecular formula is C19H27N. The summed E-state index contributed by atoms with van der Waals surface area (Å²) in [6.45, 7) is 8.94. The molecule has 20 heavy (non-hydrogen) atoms. The lowest BCUT2D eigenvalue weighted by molar-refractivity contribution is 0.894. The second-order valence-electron chi connectivity index (χ2n) is 4.27. The summed E-state index contributed by atoms with van der Waals surface area (Å²) in [5.74, 6) is 0. The highest BCUT2D eigenvalue weighted by Crippen LogP contribution is 2.28. The fourth-order valence-electron chi connectivity index (χ4n) is 2.43. The number of rotatable bonds is 1. The highest BCUT2D eigenvalue weighted by Gasteiger charge is 2.19. The third kappa shape index (κ3) is 3.93. The molecule has 0 aromatic heterocycles. The first-order valence-electron chi connectivity index (χ1n) is 7.95. The summed E-state index contributed by atoms with van der Waals surface area (Å²) in [6, 6.07) is 10.5. The quantitative estimate of drug-likeness (QED) is 0.631. The van der Waals surface area contributed by atoms with Gasteiger partial charge in [0.05, 0.1) is 5.71 Å². The number of allylic oxidation sites excluding steroid dienone is 3. The Morgan fingerprint density at radius 1 is 0.850 bits per heavy atom. The standard InChI is InChI=1S/C15H15N.2C2H6/c1-2-7-13(8-3-1)15-14-9-5-4-6-12(14)10-11-16-15;2*1-2/h1-3,6-9H,4-5,10-11H2;2*1-2H3. The highest BCUT2D eigenvalue weighted by atomic mass is 14.8. The summed E-state index contributed by atoms with van der Waals surface area (Å²) in [5, 5.41) is 0. The lowest BCUT2D eigenvalue weighted by Crippen LogP contribution is -2.15. The molecule has 1 aromatic rings. The molecule has 0 atom stereocenters. The van der Waals surface area contributed by atoms with Crippen LogP contribution in [0.2, 0.25) is 0 Å².